The zero-order valence-electron chi connectivity index (χ0n) is 9.70. The number of ether oxygens (including phenoxy) is 2. The van der Waals surface area contributed by atoms with Crippen molar-refractivity contribution in [1.82, 2.24) is 0 Å². The standard InChI is InChI=1S/C12H16BrNO3/c1-16-11-4-9(2-3-10(11)13)14-5-12(6-15)7-17-8-12/h2-4,14-15H,5-8H2,1H3. The molecule has 0 aromatic heterocycles. The molecule has 2 rings (SSSR count). The predicted molar refractivity (Wildman–Crippen MR) is 69.5 cm³/mol. The lowest BCUT2D eigenvalue weighted by Gasteiger charge is -2.40. The van der Waals surface area contributed by atoms with E-state index >= 15 is 0 Å². The van der Waals surface area contributed by atoms with Gasteiger partial charge in [0.1, 0.15) is 5.75 Å². The Balaban J connectivity index is 1.99. The van der Waals surface area contributed by atoms with E-state index in [0.29, 0.717) is 19.8 Å². The summed E-state index contributed by atoms with van der Waals surface area (Å²) in [5.41, 5.74) is 0.852. The number of aliphatic hydroxyl groups is 1. The number of anilines is 1. The van der Waals surface area contributed by atoms with Gasteiger partial charge in [0.05, 0.1) is 36.8 Å². The van der Waals surface area contributed by atoms with Gasteiger partial charge < -0.3 is 19.9 Å². The van der Waals surface area contributed by atoms with Gasteiger partial charge in [-0.15, -0.1) is 0 Å². The van der Waals surface area contributed by atoms with E-state index in [4.69, 9.17) is 9.47 Å². The minimum Gasteiger partial charge on any atom is -0.495 e. The van der Waals surface area contributed by atoms with Crippen molar-refractivity contribution >= 4 is 21.6 Å². The molecule has 2 N–H and O–H groups in total. The Morgan fingerprint density at radius 2 is 2.29 bits per heavy atom. The molecule has 4 nitrogen and oxygen atoms in total. The van der Waals surface area contributed by atoms with Crippen LogP contribution in [0.4, 0.5) is 5.69 Å². The van der Waals surface area contributed by atoms with Crippen molar-refractivity contribution in [2.24, 2.45) is 5.41 Å². The summed E-state index contributed by atoms with van der Waals surface area (Å²) in [4.78, 5) is 0. The van der Waals surface area contributed by atoms with Crippen LogP contribution in [0, 0.1) is 5.41 Å². The van der Waals surface area contributed by atoms with Crippen molar-refractivity contribution < 1.29 is 14.6 Å². The first-order chi connectivity index (χ1) is 8.19. The molecule has 0 saturated carbocycles. The molecule has 1 heterocycles. The molecule has 0 unspecified atom stereocenters. The molecule has 0 bridgehead atoms. The van der Waals surface area contributed by atoms with Crippen molar-refractivity contribution in [3.05, 3.63) is 22.7 Å². The normalized spacial score (nSPS) is 17.4. The van der Waals surface area contributed by atoms with Crippen molar-refractivity contribution in [2.45, 2.75) is 0 Å². The maximum Gasteiger partial charge on any atom is 0.135 e. The van der Waals surface area contributed by atoms with E-state index in [-0.39, 0.29) is 12.0 Å². The Labute approximate surface area is 109 Å². The van der Waals surface area contributed by atoms with Crippen LogP contribution in [0.15, 0.2) is 22.7 Å². The van der Waals surface area contributed by atoms with Crippen LogP contribution in [0.25, 0.3) is 0 Å². The van der Waals surface area contributed by atoms with Crippen LogP contribution in [0.2, 0.25) is 0 Å². The van der Waals surface area contributed by atoms with Gasteiger partial charge in [-0.3, -0.25) is 0 Å². The second-order valence-corrected chi connectivity index (χ2v) is 5.21. The predicted octanol–water partition coefficient (Wildman–Crippen LogP) is 1.88. The maximum absolute atomic E-state index is 9.31. The van der Waals surface area contributed by atoms with Crippen LogP contribution in [-0.2, 0) is 4.74 Å². The molecule has 17 heavy (non-hydrogen) atoms. The summed E-state index contributed by atoms with van der Waals surface area (Å²) in [6, 6.07) is 5.83. The summed E-state index contributed by atoms with van der Waals surface area (Å²) in [6.07, 6.45) is 0. The van der Waals surface area contributed by atoms with Gasteiger partial charge >= 0.3 is 0 Å². The monoisotopic (exact) mass is 301 g/mol. The number of nitrogens with one attached hydrogen (secondary N) is 1. The largest absolute Gasteiger partial charge is 0.495 e. The topological polar surface area (TPSA) is 50.7 Å². The molecular weight excluding hydrogens is 286 g/mol. The number of hydrogen-bond acceptors (Lipinski definition) is 4. The van der Waals surface area contributed by atoms with Gasteiger partial charge in [-0.1, -0.05) is 0 Å². The fourth-order valence-corrected chi connectivity index (χ4v) is 2.11. The highest BCUT2D eigenvalue weighted by Crippen LogP contribution is 2.30. The zero-order valence-corrected chi connectivity index (χ0v) is 11.3. The second kappa shape index (κ2) is 5.25. The van der Waals surface area contributed by atoms with E-state index in [1.165, 1.54) is 0 Å². The number of rotatable bonds is 5. The average Bonchev–Trinajstić information content (AvgIpc) is 2.30. The zero-order chi connectivity index (χ0) is 12.3. The van der Waals surface area contributed by atoms with Crippen LogP contribution < -0.4 is 10.1 Å². The van der Waals surface area contributed by atoms with Gasteiger partial charge in [0.25, 0.3) is 0 Å². The fraction of sp³-hybridized carbons (Fsp3) is 0.500. The number of aliphatic hydroxyl groups excluding tert-OH is 1. The highest BCUT2D eigenvalue weighted by Gasteiger charge is 2.37. The maximum atomic E-state index is 9.31. The summed E-state index contributed by atoms with van der Waals surface area (Å²) in [7, 11) is 1.64. The van der Waals surface area contributed by atoms with E-state index in [2.05, 4.69) is 21.2 Å². The van der Waals surface area contributed by atoms with Crippen LogP contribution in [0.1, 0.15) is 0 Å². The Hall–Kier alpha value is -0.780. The average molecular weight is 302 g/mol. The summed E-state index contributed by atoms with van der Waals surface area (Å²) in [5.74, 6) is 0.790. The molecule has 0 aliphatic carbocycles. The molecule has 0 spiro atoms. The molecule has 0 atom stereocenters. The first-order valence-corrected chi connectivity index (χ1v) is 6.24. The summed E-state index contributed by atoms with van der Waals surface area (Å²) >= 11 is 3.41. The van der Waals surface area contributed by atoms with Gasteiger partial charge in [-0.2, -0.15) is 0 Å². The van der Waals surface area contributed by atoms with Gasteiger partial charge in [-0.05, 0) is 28.1 Å². The van der Waals surface area contributed by atoms with E-state index in [0.717, 1.165) is 15.9 Å². The third-order valence-corrected chi connectivity index (χ3v) is 3.63. The molecule has 1 fully saturated rings. The minimum absolute atomic E-state index is 0.125. The Bertz CT molecular complexity index is 388. The first kappa shape index (κ1) is 12.7. The molecule has 0 radical (unpaired) electrons. The smallest absolute Gasteiger partial charge is 0.135 e. The molecule has 0 amide bonds. The number of methoxy groups -OCH3 is 1. The molecular formula is C12H16BrNO3. The van der Waals surface area contributed by atoms with Crippen LogP contribution in [0.3, 0.4) is 0 Å². The Kier molecular flexibility index (Phi) is 3.91. The summed E-state index contributed by atoms with van der Waals surface area (Å²) in [5, 5.41) is 12.6. The summed E-state index contributed by atoms with van der Waals surface area (Å²) < 4.78 is 11.3. The quantitative estimate of drug-likeness (QED) is 0.872. The van der Waals surface area contributed by atoms with Crippen LogP contribution >= 0.6 is 15.9 Å². The SMILES string of the molecule is COc1cc(NCC2(CO)COC2)ccc1Br. The second-order valence-electron chi connectivity index (χ2n) is 4.35. The van der Waals surface area contributed by atoms with E-state index in [1.54, 1.807) is 7.11 Å². The molecule has 1 aromatic rings. The van der Waals surface area contributed by atoms with Gasteiger partial charge in [0.15, 0.2) is 0 Å². The Morgan fingerprint density at radius 1 is 1.53 bits per heavy atom. The van der Waals surface area contributed by atoms with Crippen LogP contribution in [0.5, 0.6) is 5.75 Å². The number of hydrogen-bond donors (Lipinski definition) is 2. The van der Waals surface area contributed by atoms with Gasteiger partial charge in [0, 0.05) is 18.3 Å². The fourth-order valence-electron chi connectivity index (χ4n) is 1.70. The number of halogens is 1. The molecule has 1 aromatic carbocycles. The van der Waals surface area contributed by atoms with E-state index < -0.39 is 0 Å². The summed E-state index contributed by atoms with van der Waals surface area (Å²) in [6.45, 7) is 2.08. The molecule has 1 saturated heterocycles. The lowest BCUT2D eigenvalue weighted by Crippen LogP contribution is -2.50. The molecule has 1 aliphatic rings. The highest BCUT2D eigenvalue weighted by molar-refractivity contribution is 9.10. The van der Waals surface area contributed by atoms with E-state index in [1.807, 2.05) is 18.2 Å². The molecule has 5 heteroatoms. The van der Waals surface area contributed by atoms with Crippen molar-refractivity contribution in [3.63, 3.8) is 0 Å². The highest BCUT2D eigenvalue weighted by atomic mass is 79.9. The third kappa shape index (κ3) is 2.73. The first-order valence-electron chi connectivity index (χ1n) is 5.45. The minimum atomic E-state index is -0.125. The third-order valence-electron chi connectivity index (χ3n) is 2.97. The molecule has 1 aliphatic heterocycles. The lowest BCUT2D eigenvalue weighted by molar-refractivity contribution is -0.128. The van der Waals surface area contributed by atoms with Gasteiger partial charge in [0.2, 0.25) is 0 Å². The molecule has 94 valence electrons. The van der Waals surface area contributed by atoms with E-state index in [9.17, 15) is 5.11 Å². The Morgan fingerprint density at radius 3 is 2.82 bits per heavy atom. The number of benzene rings is 1. The van der Waals surface area contributed by atoms with Crippen molar-refractivity contribution in [2.75, 3.05) is 38.8 Å². The van der Waals surface area contributed by atoms with Crippen molar-refractivity contribution in [3.8, 4) is 5.75 Å². The van der Waals surface area contributed by atoms with Gasteiger partial charge in [-0.25, -0.2) is 0 Å². The lowest BCUT2D eigenvalue weighted by atomic mass is 9.87. The van der Waals surface area contributed by atoms with Crippen LogP contribution in [-0.4, -0.2) is 38.6 Å². The van der Waals surface area contributed by atoms with Crippen molar-refractivity contribution in [1.29, 1.82) is 0 Å².